The lowest BCUT2D eigenvalue weighted by Crippen LogP contribution is -2.30. The van der Waals surface area contributed by atoms with Crippen LogP contribution in [-0.4, -0.2) is 39.7 Å². The Morgan fingerprint density at radius 3 is 2.64 bits per heavy atom. The van der Waals surface area contributed by atoms with Gasteiger partial charge in [-0.3, -0.25) is 14.3 Å². The number of ether oxygens (including phenoxy) is 1. The van der Waals surface area contributed by atoms with Gasteiger partial charge in [0.1, 0.15) is 5.75 Å². The van der Waals surface area contributed by atoms with E-state index in [1.165, 1.54) is 18.3 Å². The molecule has 3 aromatic rings. The number of benzene rings is 1. The Hall–Kier alpha value is -3.89. The first-order chi connectivity index (χ1) is 15.7. The minimum Gasteiger partial charge on any atom is -0.438 e. The standard InChI is InChI=1S/C22H20F3N5O3/c1-30-7-6-18(29-30)17-9-14(20(32)27-11-13-8-19(31)26-10-13)12-28-21(17)33-16-4-2-15(3-5-16)22(23,24)25/h2-7,9,12-13H,8,10-11H2,1H3,(H,26,31)(H,27,32). The lowest BCUT2D eigenvalue weighted by molar-refractivity contribution is -0.137. The van der Waals surface area contributed by atoms with E-state index in [-0.39, 0.29) is 34.9 Å². The Bertz CT molecular complexity index is 1170. The van der Waals surface area contributed by atoms with Gasteiger partial charge in [-0.05, 0) is 36.4 Å². The fourth-order valence-electron chi connectivity index (χ4n) is 3.37. The van der Waals surface area contributed by atoms with Gasteiger partial charge >= 0.3 is 6.18 Å². The third-order valence-electron chi connectivity index (χ3n) is 5.11. The minimum absolute atomic E-state index is 0.0203. The Morgan fingerprint density at radius 1 is 1.27 bits per heavy atom. The van der Waals surface area contributed by atoms with Gasteiger partial charge in [0.15, 0.2) is 0 Å². The molecule has 1 atom stereocenters. The highest BCUT2D eigenvalue weighted by molar-refractivity contribution is 5.95. The van der Waals surface area contributed by atoms with Crippen LogP contribution in [0.5, 0.6) is 11.6 Å². The number of pyridine rings is 1. The molecule has 0 aliphatic carbocycles. The summed E-state index contributed by atoms with van der Waals surface area (Å²) in [5.41, 5.74) is 0.347. The lowest BCUT2D eigenvalue weighted by atomic mass is 10.1. The summed E-state index contributed by atoms with van der Waals surface area (Å²) in [5.74, 6) is -0.149. The molecule has 1 aliphatic heterocycles. The van der Waals surface area contributed by atoms with Crippen LogP contribution < -0.4 is 15.4 Å². The van der Waals surface area contributed by atoms with Crippen molar-refractivity contribution in [2.45, 2.75) is 12.6 Å². The van der Waals surface area contributed by atoms with Gasteiger partial charge in [-0.25, -0.2) is 4.98 Å². The zero-order chi connectivity index (χ0) is 23.6. The van der Waals surface area contributed by atoms with Crippen LogP contribution in [0.25, 0.3) is 11.3 Å². The van der Waals surface area contributed by atoms with E-state index in [1.54, 1.807) is 30.1 Å². The molecule has 0 radical (unpaired) electrons. The first-order valence-electron chi connectivity index (χ1n) is 10.1. The Morgan fingerprint density at radius 2 is 2.03 bits per heavy atom. The summed E-state index contributed by atoms with van der Waals surface area (Å²) < 4.78 is 45.7. The third-order valence-corrected chi connectivity index (χ3v) is 5.11. The van der Waals surface area contributed by atoms with Crippen LogP contribution >= 0.6 is 0 Å². The topological polar surface area (TPSA) is 98.1 Å². The van der Waals surface area contributed by atoms with Crippen LogP contribution in [0.2, 0.25) is 0 Å². The normalized spacial score (nSPS) is 15.9. The van der Waals surface area contributed by atoms with E-state index in [9.17, 15) is 22.8 Å². The molecule has 1 saturated heterocycles. The highest BCUT2D eigenvalue weighted by Crippen LogP contribution is 2.34. The van der Waals surface area contributed by atoms with Crippen molar-refractivity contribution in [2.24, 2.45) is 13.0 Å². The first-order valence-corrected chi connectivity index (χ1v) is 10.1. The molecule has 11 heteroatoms. The average molecular weight is 459 g/mol. The summed E-state index contributed by atoms with van der Waals surface area (Å²) >= 11 is 0. The summed E-state index contributed by atoms with van der Waals surface area (Å²) in [4.78, 5) is 28.2. The molecular weight excluding hydrogens is 439 g/mol. The maximum atomic E-state index is 12.8. The van der Waals surface area contributed by atoms with Gasteiger partial charge in [0.05, 0.1) is 22.4 Å². The molecule has 172 valence electrons. The number of carbonyl (C=O) groups is 2. The number of nitrogens with zero attached hydrogens (tertiary/aromatic N) is 3. The second kappa shape index (κ2) is 8.93. The summed E-state index contributed by atoms with van der Waals surface area (Å²) in [6.07, 6.45) is -1.07. The van der Waals surface area contributed by atoms with Gasteiger partial charge in [0.25, 0.3) is 5.91 Å². The number of rotatable bonds is 6. The van der Waals surface area contributed by atoms with E-state index >= 15 is 0 Å². The second-order valence-electron chi connectivity index (χ2n) is 7.66. The molecule has 1 aliphatic rings. The largest absolute Gasteiger partial charge is 0.438 e. The number of amides is 2. The minimum atomic E-state index is -4.45. The second-order valence-corrected chi connectivity index (χ2v) is 7.66. The number of hydrogen-bond acceptors (Lipinski definition) is 5. The van der Waals surface area contributed by atoms with Crippen molar-refractivity contribution >= 4 is 11.8 Å². The van der Waals surface area contributed by atoms with Gasteiger partial charge < -0.3 is 15.4 Å². The van der Waals surface area contributed by atoms with Crippen molar-refractivity contribution in [2.75, 3.05) is 13.1 Å². The molecule has 1 aromatic carbocycles. The number of aryl methyl sites for hydroxylation is 1. The maximum Gasteiger partial charge on any atom is 0.416 e. The van der Waals surface area contributed by atoms with Gasteiger partial charge in [-0.1, -0.05) is 0 Å². The van der Waals surface area contributed by atoms with Crippen LogP contribution in [0.15, 0.2) is 48.8 Å². The van der Waals surface area contributed by atoms with Crippen molar-refractivity contribution in [3.05, 3.63) is 59.9 Å². The van der Waals surface area contributed by atoms with Crippen LogP contribution in [0, 0.1) is 5.92 Å². The van der Waals surface area contributed by atoms with Crippen LogP contribution in [0.3, 0.4) is 0 Å². The van der Waals surface area contributed by atoms with Gasteiger partial charge in [-0.2, -0.15) is 18.3 Å². The Labute approximate surface area is 186 Å². The van der Waals surface area contributed by atoms with Crippen molar-refractivity contribution in [3.63, 3.8) is 0 Å². The summed E-state index contributed by atoms with van der Waals surface area (Å²) in [5, 5.41) is 9.82. The lowest BCUT2D eigenvalue weighted by Gasteiger charge is -2.13. The SMILES string of the molecule is Cn1ccc(-c2cc(C(=O)NCC3CNC(=O)C3)cnc2Oc2ccc(C(F)(F)F)cc2)n1. The van der Waals surface area contributed by atoms with Crippen LogP contribution in [0.1, 0.15) is 22.3 Å². The number of aromatic nitrogens is 3. The highest BCUT2D eigenvalue weighted by atomic mass is 19.4. The van der Waals surface area contributed by atoms with Crippen molar-refractivity contribution in [3.8, 4) is 22.9 Å². The molecule has 8 nitrogen and oxygen atoms in total. The number of alkyl halides is 3. The van der Waals surface area contributed by atoms with E-state index in [0.717, 1.165) is 12.1 Å². The molecule has 0 bridgehead atoms. The molecular formula is C22H20F3N5O3. The highest BCUT2D eigenvalue weighted by Gasteiger charge is 2.30. The van der Waals surface area contributed by atoms with Gasteiger partial charge in [0, 0.05) is 44.9 Å². The van der Waals surface area contributed by atoms with Gasteiger partial charge in [0.2, 0.25) is 11.8 Å². The van der Waals surface area contributed by atoms with E-state index < -0.39 is 11.7 Å². The molecule has 3 heterocycles. The van der Waals surface area contributed by atoms with Crippen LogP contribution in [0.4, 0.5) is 13.2 Å². The molecule has 2 N–H and O–H groups in total. The number of halogens is 3. The van der Waals surface area contributed by atoms with Crippen molar-refractivity contribution in [1.82, 2.24) is 25.4 Å². The summed E-state index contributed by atoms with van der Waals surface area (Å²) in [6.45, 7) is 0.844. The van der Waals surface area contributed by atoms with E-state index in [1.807, 2.05) is 0 Å². The molecule has 2 aromatic heterocycles. The average Bonchev–Trinajstić information content (AvgIpc) is 3.40. The van der Waals surface area contributed by atoms with Gasteiger partial charge in [-0.15, -0.1) is 0 Å². The first kappa shape index (κ1) is 22.3. The molecule has 33 heavy (non-hydrogen) atoms. The Balaban J connectivity index is 1.56. The van der Waals surface area contributed by atoms with Crippen molar-refractivity contribution < 1.29 is 27.5 Å². The molecule has 0 spiro atoms. The quantitative estimate of drug-likeness (QED) is 0.590. The monoisotopic (exact) mass is 459 g/mol. The molecule has 4 rings (SSSR count). The zero-order valence-electron chi connectivity index (χ0n) is 17.5. The smallest absolute Gasteiger partial charge is 0.416 e. The summed E-state index contributed by atoms with van der Waals surface area (Å²) in [7, 11) is 1.72. The molecule has 1 unspecified atom stereocenters. The Kier molecular flexibility index (Phi) is 6.03. The summed E-state index contributed by atoms with van der Waals surface area (Å²) in [6, 6.07) is 7.49. The third kappa shape index (κ3) is 5.30. The predicted octanol–water partition coefficient (Wildman–Crippen LogP) is 3.16. The zero-order valence-corrected chi connectivity index (χ0v) is 17.5. The maximum absolute atomic E-state index is 12.8. The fraction of sp³-hybridized carbons (Fsp3) is 0.273. The molecule has 2 amide bonds. The van der Waals surface area contributed by atoms with E-state index in [2.05, 4.69) is 20.7 Å². The number of nitrogens with one attached hydrogen (secondary N) is 2. The number of hydrogen-bond donors (Lipinski definition) is 2. The van der Waals surface area contributed by atoms with Crippen molar-refractivity contribution in [1.29, 1.82) is 0 Å². The molecule has 1 fully saturated rings. The fourth-order valence-corrected chi connectivity index (χ4v) is 3.37. The number of carbonyl (C=O) groups excluding carboxylic acids is 2. The van der Waals surface area contributed by atoms with Crippen LogP contribution in [-0.2, 0) is 18.0 Å². The van der Waals surface area contributed by atoms with E-state index in [4.69, 9.17) is 4.74 Å². The predicted molar refractivity (Wildman–Crippen MR) is 111 cm³/mol. The van der Waals surface area contributed by atoms with E-state index in [0.29, 0.717) is 30.8 Å². The molecule has 0 saturated carbocycles.